The van der Waals surface area contributed by atoms with Crippen molar-refractivity contribution < 1.29 is 9.59 Å². The van der Waals surface area contributed by atoms with Crippen LogP contribution in [0, 0.1) is 0 Å². The second-order valence-electron chi connectivity index (χ2n) is 5.20. The lowest BCUT2D eigenvalue weighted by atomic mass is 10.2. The maximum Gasteiger partial charge on any atom is 0.274 e. The Morgan fingerprint density at radius 2 is 1.82 bits per heavy atom. The summed E-state index contributed by atoms with van der Waals surface area (Å²) < 4.78 is 1.93. The minimum Gasteiger partial charge on any atom is -0.339 e. The number of fused-ring (bicyclic) bond motifs is 1. The molecule has 0 N–H and O–H groups in total. The van der Waals surface area contributed by atoms with Crippen molar-refractivity contribution in [2.45, 2.75) is 12.1 Å². The minimum atomic E-state index is -0.0628. The highest BCUT2D eigenvalue weighted by atomic mass is 32.2. The number of rotatable bonds is 2. The Balaban J connectivity index is 1.86. The summed E-state index contributed by atoms with van der Waals surface area (Å²) in [7, 11) is 0. The number of hydrogen-bond acceptors (Lipinski definition) is 4. The summed E-state index contributed by atoms with van der Waals surface area (Å²) in [6.07, 6.45) is 3.86. The molecule has 0 aromatic carbocycles. The van der Waals surface area contributed by atoms with E-state index in [0.717, 1.165) is 10.7 Å². The monoisotopic (exact) mass is 318 g/mol. The van der Waals surface area contributed by atoms with Crippen LogP contribution in [0.2, 0.25) is 0 Å². The van der Waals surface area contributed by atoms with Gasteiger partial charge in [-0.25, -0.2) is 4.98 Å². The van der Waals surface area contributed by atoms with Crippen molar-refractivity contribution in [3.63, 3.8) is 0 Å². The molecule has 0 aliphatic carbocycles. The fourth-order valence-corrected chi connectivity index (χ4v) is 3.22. The lowest BCUT2D eigenvalue weighted by molar-refractivity contribution is -0.130. The van der Waals surface area contributed by atoms with Gasteiger partial charge in [0.2, 0.25) is 5.91 Å². The van der Waals surface area contributed by atoms with E-state index in [0.29, 0.717) is 31.9 Å². The van der Waals surface area contributed by atoms with E-state index in [-0.39, 0.29) is 11.8 Å². The first-order chi connectivity index (χ1) is 10.6. The van der Waals surface area contributed by atoms with Crippen molar-refractivity contribution in [3.8, 4) is 0 Å². The van der Waals surface area contributed by atoms with Crippen molar-refractivity contribution in [2.75, 3.05) is 32.4 Å². The van der Waals surface area contributed by atoms with Crippen LogP contribution in [0.15, 0.2) is 29.6 Å². The van der Waals surface area contributed by atoms with Gasteiger partial charge in [-0.3, -0.25) is 14.0 Å². The van der Waals surface area contributed by atoms with Crippen molar-refractivity contribution in [3.05, 3.63) is 30.1 Å². The predicted octanol–water partition coefficient (Wildman–Crippen LogP) is 1.36. The average Bonchev–Trinajstić information content (AvgIpc) is 2.93. The number of carbonyl (C=O) groups is 2. The highest BCUT2D eigenvalue weighted by Crippen LogP contribution is 2.21. The Bertz CT molecular complexity index is 719. The van der Waals surface area contributed by atoms with Gasteiger partial charge in [-0.2, -0.15) is 0 Å². The summed E-state index contributed by atoms with van der Waals surface area (Å²) in [4.78, 5) is 32.2. The molecule has 0 unspecified atom stereocenters. The maximum atomic E-state index is 12.8. The molecule has 3 rings (SSSR count). The molecule has 0 bridgehead atoms. The fourth-order valence-electron chi connectivity index (χ4n) is 2.69. The van der Waals surface area contributed by atoms with Gasteiger partial charge in [0.25, 0.3) is 5.91 Å². The Labute approximate surface area is 133 Å². The summed E-state index contributed by atoms with van der Waals surface area (Å²) >= 11 is 1.52. The van der Waals surface area contributed by atoms with Gasteiger partial charge in [0.05, 0.1) is 5.52 Å². The van der Waals surface area contributed by atoms with Gasteiger partial charge >= 0.3 is 0 Å². The lowest BCUT2D eigenvalue weighted by Gasteiger charge is -2.33. The largest absolute Gasteiger partial charge is 0.339 e. The van der Waals surface area contributed by atoms with Gasteiger partial charge in [-0.15, -0.1) is 0 Å². The van der Waals surface area contributed by atoms with Crippen molar-refractivity contribution in [2.24, 2.45) is 0 Å². The Morgan fingerprint density at radius 1 is 1.14 bits per heavy atom. The normalized spacial score (nSPS) is 15.4. The molecule has 1 saturated heterocycles. The highest BCUT2D eigenvalue weighted by Gasteiger charge is 2.26. The predicted molar refractivity (Wildman–Crippen MR) is 85.1 cm³/mol. The van der Waals surface area contributed by atoms with Gasteiger partial charge in [-0.1, -0.05) is 17.8 Å². The number of thioether (sulfide) groups is 1. The van der Waals surface area contributed by atoms with E-state index in [1.54, 1.807) is 16.7 Å². The molecule has 7 heteroatoms. The number of piperazine rings is 1. The van der Waals surface area contributed by atoms with E-state index >= 15 is 0 Å². The van der Waals surface area contributed by atoms with Gasteiger partial charge in [0.15, 0.2) is 10.9 Å². The topological polar surface area (TPSA) is 57.9 Å². The molecule has 22 heavy (non-hydrogen) atoms. The summed E-state index contributed by atoms with van der Waals surface area (Å²) in [6.45, 7) is 3.84. The second kappa shape index (κ2) is 6.00. The molecule has 6 nitrogen and oxygen atoms in total. The number of nitrogens with zero attached hydrogens (tertiary/aromatic N) is 4. The van der Waals surface area contributed by atoms with Crippen LogP contribution >= 0.6 is 11.8 Å². The molecule has 0 radical (unpaired) electrons. The Morgan fingerprint density at radius 3 is 2.45 bits per heavy atom. The minimum absolute atomic E-state index is 0.0595. The number of imidazole rings is 1. The molecule has 1 fully saturated rings. The zero-order chi connectivity index (χ0) is 15.7. The summed E-state index contributed by atoms with van der Waals surface area (Å²) in [5.41, 5.74) is 1.31. The van der Waals surface area contributed by atoms with Crippen LogP contribution in [0.3, 0.4) is 0 Å². The maximum absolute atomic E-state index is 12.8. The lowest BCUT2D eigenvalue weighted by Crippen LogP contribution is -2.50. The zero-order valence-electron chi connectivity index (χ0n) is 12.7. The molecule has 3 heterocycles. The average molecular weight is 318 g/mol. The van der Waals surface area contributed by atoms with Crippen LogP contribution < -0.4 is 0 Å². The smallest absolute Gasteiger partial charge is 0.274 e. The molecule has 2 aromatic rings. The summed E-state index contributed by atoms with van der Waals surface area (Å²) in [5, 5.41) is 0.807. The molecule has 116 valence electrons. The van der Waals surface area contributed by atoms with E-state index in [1.165, 1.54) is 11.8 Å². The Kier molecular flexibility index (Phi) is 4.06. The standard InChI is InChI=1S/C15H18N4O2S/c1-11(20)17-7-9-18(10-8-17)14(21)13-12-5-3-4-6-19(12)15(16-13)22-2/h3-6H,7-10H2,1-2H3. The summed E-state index contributed by atoms with van der Waals surface area (Å²) in [6, 6.07) is 5.74. The third-order valence-corrected chi connectivity index (χ3v) is 4.57. The van der Waals surface area contributed by atoms with E-state index in [2.05, 4.69) is 4.98 Å². The number of carbonyl (C=O) groups excluding carboxylic acids is 2. The van der Waals surface area contributed by atoms with Crippen LogP contribution in [-0.2, 0) is 4.79 Å². The number of aromatic nitrogens is 2. The SMILES string of the molecule is CSc1nc(C(=O)N2CCN(C(C)=O)CC2)c2ccccn12. The van der Waals surface area contributed by atoms with Crippen LogP contribution in [0.25, 0.3) is 5.52 Å². The van der Waals surface area contributed by atoms with Crippen molar-refractivity contribution >= 4 is 29.1 Å². The number of amides is 2. The zero-order valence-corrected chi connectivity index (χ0v) is 13.5. The Hall–Kier alpha value is -2.02. The highest BCUT2D eigenvalue weighted by molar-refractivity contribution is 7.98. The van der Waals surface area contributed by atoms with Crippen molar-refractivity contribution in [1.82, 2.24) is 19.2 Å². The first-order valence-corrected chi connectivity index (χ1v) is 8.40. The molecule has 2 amide bonds. The third kappa shape index (κ3) is 2.56. The molecule has 1 aliphatic rings. The summed E-state index contributed by atoms with van der Waals surface area (Å²) in [5.74, 6) is -0.00332. The number of hydrogen-bond donors (Lipinski definition) is 0. The van der Waals surface area contributed by atoms with E-state index in [4.69, 9.17) is 0 Å². The molecule has 0 spiro atoms. The van der Waals surface area contributed by atoms with Gasteiger partial charge < -0.3 is 9.80 Å². The molecular formula is C15H18N4O2S. The molecule has 2 aromatic heterocycles. The van der Waals surface area contributed by atoms with Gasteiger partial charge in [-0.05, 0) is 18.4 Å². The third-order valence-electron chi connectivity index (χ3n) is 3.91. The first-order valence-electron chi connectivity index (χ1n) is 7.17. The van der Waals surface area contributed by atoms with Gasteiger partial charge in [0.1, 0.15) is 0 Å². The van der Waals surface area contributed by atoms with E-state index in [1.807, 2.05) is 35.1 Å². The second-order valence-corrected chi connectivity index (χ2v) is 5.97. The van der Waals surface area contributed by atoms with Crippen LogP contribution in [0.4, 0.5) is 0 Å². The van der Waals surface area contributed by atoms with E-state index < -0.39 is 0 Å². The fraction of sp³-hybridized carbons (Fsp3) is 0.400. The quantitative estimate of drug-likeness (QED) is 0.785. The van der Waals surface area contributed by atoms with Crippen LogP contribution in [0.5, 0.6) is 0 Å². The van der Waals surface area contributed by atoms with E-state index in [9.17, 15) is 9.59 Å². The molecule has 0 saturated carbocycles. The first kappa shape index (κ1) is 14.9. The molecule has 0 atom stereocenters. The van der Waals surface area contributed by atoms with Gasteiger partial charge in [0, 0.05) is 39.3 Å². The molecule has 1 aliphatic heterocycles. The van der Waals surface area contributed by atoms with Crippen molar-refractivity contribution in [1.29, 1.82) is 0 Å². The van der Waals surface area contributed by atoms with Crippen LogP contribution in [0.1, 0.15) is 17.4 Å². The number of pyridine rings is 1. The van der Waals surface area contributed by atoms with Crippen LogP contribution in [-0.4, -0.2) is 63.4 Å². The molecular weight excluding hydrogens is 300 g/mol.